The van der Waals surface area contributed by atoms with Crippen LogP contribution in [0.1, 0.15) is 44.9 Å². The zero-order valence-electron chi connectivity index (χ0n) is 23.2. The van der Waals surface area contributed by atoms with Gasteiger partial charge < -0.3 is 19.1 Å². The number of aryl methyl sites for hydroxylation is 1. The number of rotatable bonds is 9. The molecule has 6 rings (SSSR count). The quantitative estimate of drug-likeness (QED) is 0.221. The number of hydrogen-bond donors (Lipinski definition) is 1. The van der Waals surface area contributed by atoms with Crippen molar-refractivity contribution in [2.45, 2.75) is 39.0 Å². The van der Waals surface area contributed by atoms with E-state index in [1.54, 1.807) is 36.4 Å². The Hall–Kier alpha value is -5.14. The first-order valence-electron chi connectivity index (χ1n) is 13.7. The first kappa shape index (κ1) is 28.0. The third-order valence-electron chi connectivity index (χ3n) is 7.55. The maximum Gasteiger partial charge on any atom is 0.335 e. The van der Waals surface area contributed by atoms with E-state index in [-0.39, 0.29) is 41.7 Å². The molecule has 0 spiro atoms. The number of carbonyl (C=O) groups is 1. The Morgan fingerprint density at radius 1 is 1.09 bits per heavy atom. The van der Waals surface area contributed by atoms with Gasteiger partial charge >= 0.3 is 5.97 Å². The van der Waals surface area contributed by atoms with Crippen molar-refractivity contribution in [2.75, 3.05) is 6.61 Å². The van der Waals surface area contributed by atoms with Gasteiger partial charge in [0, 0.05) is 30.2 Å². The summed E-state index contributed by atoms with van der Waals surface area (Å²) in [6.07, 6.45) is 1.08. The Balaban J connectivity index is 1.26. The fraction of sp³-hybridized carbons (Fsp3) is 0.212. The predicted octanol–water partition coefficient (Wildman–Crippen LogP) is 6.21. The lowest BCUT2D eigenvalue weighted by Gasteiger charge is -2.27. The van der Waals surface area contributed by atoms with Crippen molar-refractivity contribution in [3.63, 3.8) is 0 Å². The zero-order valence-corrected chi connectivity index (χ0v) is 23.2. The third kappa shape index (κ3) is 5.80. The highest BCUT2D eigenvalue weighted by molar-refractivity contribution is 5.92. The summed E-state index contributed by atoms with van der Waals surface area (Å²) in [6, 6.07) is 19.1. The van der Waals surface area contributed by atoms with Gasteiger partial charge in [0.15, 0.2) is 0 Å². The number of carboxylic acids is 1. The Labute approximate surface area is 245 Å². The van der Waals surface area contributed by atoms with E-state index in [1.807, 2.05) is 17.6 Å². The van der Waals surface area contributed by atoms with Crippen LogP contribution < -0.4 is 4.74 Å². The van der Waals surface area contributed by atoms with Crippen LogP contribution in [0.4, 0.5) is 8.78 Å². The molecule has 3 aromatic carbocycles. The molecular weight excluding hydrogens is 554 g/mol. The molecule has 1 aliphatic heterocycles. The second kappa shape index (κ2) is 11.6. The number of pyridine rings is 1. The predicted molar refractivity (Wildman–Crippen MR) is 154 cm³/mol. The Morgan fingerprint density at radius 2 is 1.91 bits per heavy atom. The maximum atomic E-state index is 15.6. The van der Waals surface area contributed by atoms with Crippen molar-refractivity contribution in [1.29, 1.82) is 5.26 Å². The summed E-state index contributed by atoms with van der Waals surface area (Å²) in [5.74, 6) is -1.14. The van der Waals surface area contributed by atoms with Gasteiger partial charge in [-0.05, 0) is 66.9 Å². The highest BCUT2D eigenvalue weighted by Crippen LogP contribution is 2.29. The van der Waals surface area contributed by atoms with Gasteiger partial charge in [0.2, 0.25) is 5.88 Å². The van der Waals surface area contributed by atoms with Crippen LogP contribution in [0.2, 0.25) is 0 Å². The highest BCUT2D eigenvalue weighted by Gasteiger charge is 2.23. The summed E-state index contributed by atoms with van der Waals surface area (Å²) in [4.78, 5) is 20.8. The van der Waals surface area contributed by atoms with Gasteiger partial charge in [0.05, 0.1) is 46.6 Å². The minimum absolute atomic E-state index is 0.00688. The monoisotopic (exact) mass is 580 g/mol. The van der Waals surface area contributed by atoms with E-state index < -0.39 is 17.6 Å². The van der Waals surface area contributed by atoms with Crippen molar-refractivity contribution in [2.24, 2.45) is 0 Å². The van der Waals surface area contributed by atoms with Crippen LogP contribution in [0, 0.1) is 29.9 Å². The number of halogens is 2. The van der Waals surface area contributed by atoms with E-state index >= 15 is 4.39 Å². The lowest BCUT2D eigenvalue weighted by atomic mass is 9.99. The molecule has 0 unspecified atom stereocenters. The number of imidazole rings is 1. The van der Waals surface area contributed by atoms with Gasteiger partial charge in [-0.2, -0.15) is 5.26 Å². The molecule has 8 nitrogen and oxygen atoms in total. The van der Waals surface area contributed by atoms with Crippen LogP contribution in [0.5, 0.6) is 5.88 Å². The summed E-state index contributed by atoms with van der Waals surface area (Å²) in [6.45, 7) is 2.95. The van der Waals surface area contributed by atoms with Gasteiger partial charge in [-0.25, -0.2) is 23.5 Å². The number of nitriles is 1. The molecular formula is C33H26F2N4O4. The van der Waals surface area contributed by atoms with Crippen LogP contribution in [0.3, 0.4) is 0 Å². The van der Waals surface area contributed by atoms with Gasteiger partial charge in [-0.1, -0.05) is 18.2 Å². The molecule has 0 aliphatic carbocycles. The van der Waals surface area contributed by atoms with Crippen molar-refractivity contribution >= 4 is 17.0 Å². The molecule has 216 valence electrons. The number of fused-ring (bicyclic) bond motifs is 1. The molecule has 5 aromatic rings. The Morgan fingerprint density at radius 3 is 2.63 bits per heavy atom. The molecule has 1 fully saturated rings. The minimum Gasteiger partial charge on any atom is -0.478 e. The molecule has 1 saturated heterocycles. The van der Waals surface area contributed by atoms with Crippen molar-refractivity contribution < 1.29 is 28.2 Å². The molecule has 1 aliphatic rings. The van der Waals surface area contributed by atoms with Gasteiger partial charge in [-0.15, -0.1) is 0 Å². The summed E-state index contributed by atoms with van der Waals surface area (Å²) in [5.41, 5.74) is 4.27. The van der Waals surface area contributed by atoms with Crippen molar-refractivity contribution in [3.05, 3.63) is 112 Å². The first-order valence-corrected chi connectivity index (χ1v) is 13.7. The van der Waals surface area contributed by atoms with Crippen LogP contribution in [-0.4, -0.2) is 38.3 Å². The number of aromatic carboxylic acids is 1. The number of benzene rings is 3. The van der Waals surface area contributed by atoms with Crippen molar-refractivity contribution in [1.82, 2.24) is 14.5 Å². The van der Waals surface area contributed by atoms with Crippen LogP contribution in [0.15, 0.2) is 66.7 Å². The largest absolute Gasteiger partial charge is 0.478 e. The van der Waals surface area contributed by atoms with E-state index in [0.717, 1.165) is 18.1 Å². The smallest absolute Gasteiger partial charge is 0.335 e. The SMILES string of the molecule is Cc1cc(Cc2nc3ccc(C(=O)O)cc3n2C[C@@H]2CCO2)c(F)cc1-c1cccc(OCc2ccc(C#N)cc2F)n1. The summed E-state index contributed by atoms with van der Waals surface area (Å²) < 4.78 is 43.1. The lowest BCUT2D eigenvalue weighted by Crippen LogP contribution is -2.31. The molecule has 1 atom stereocenters. The molecule has 10 heteroatoms. The van der Waals surface area contributed by atoms with E-state index in [0.29, 0.717) is 46.8 Å². The van der Waals surface area contributed by atoms with E-state index in [1.165, 1.54) is 24.3 Å². The fourth-order valence-electron chi connectivity index (χ4n) is 5.13. The number of nitrogens with zero attached hydrogens (tertiary/aromatic N) is 4. The van der Waals surface area contributed by atoms with Gasteiger partial charge in [0.1, 0.15) is 24.1 Å². The third-order valence-corrected chi connectivity index (χ3v) is 7.55. The molecule has 2 aromatic heterocycles. The molecule has 0 bridgehead atoms. The number of carboxylic acid groups (broad SMARTS) is 1. The van der Waals surface area contributed by atoms with E-state index in [4.69, 9.17) is 19.7 Å². The summed E-state index contributed by atoms with van der Waals surface area (Å²) in [7, 11) is 0. The fourth-order valence-corrected chi connectivity index (χ4v) is 5.13. The van der Waals surface area contributed by atoms with Crippen LogP contribution >= 0.6 is 0 Å². The molecule has 0 radical (unpaired) electrons. The van der Waals surface area contributed by atoms with Gasteiger partial charge in [-0.3, -0.25) is 0 Å². The molecule has 43 heavy (non-hydrogen) atoms. The topological polar surface area (TPSA) is 110 Å². The highest BCUT2D eigenvalue weighted by atomic mass is 19.1. The second-order valence-electron chi connectivity index (χ2n) is 10.4. The standard InChI is InChI=1S/C33H26F2N4O4/c1-19-11-23(14-31-37-29-8-7-21(33(40)41)13-30(29)39(31)17-24-9-10-42-24)27(35)15-25(19)28-3-2-4-32(38-28)43-18-22-6-5-20(16-36)12-26(22)34/h2-8,11-13,15,24H,9-10,14,17-18H2,1H3,(H,40,41)/t24-/m0/s1. The number of hydrogen-bond acceptors (Lipinski definition) is 6. The van der Waals surface area contributed by atoms with E-state index in [9.17, 15) is 14.3 Å². The minimum atomic E-state index is -1.03. The lowest BCUT2D eigenvalue weighted by molar-refractivity contribution is -0.0589. The average Bonchev–Trinajstić information content (AvgIpc) is 3.31. The van der Waals surface area contributed by atoms with Crippen LogP contribution in [0.25, 0.3) is 22.3 Å². The van der Waals surface area contributed by atoms with Crippen molar-refractivity contribution in [3.8, 4) is 23.2 Å². The van der Waals surface area contributed by atoms with E-state index in [2.05, 4.69) is 4.98 Å². The average molecular weight is 581 g/mol. The molecule has 3 heterocycles. The number of aromatic nitrogens is 3. The molecule has 0 amide bonds. The normalized spacial score (nSPS) is 14.3. The first-order chi connectivity index (χ1) is 20.8. The molecule has 1 N–H and O–H groups in total. The maximum absolute atomic E-state index is 15.6. The Bertz CT molecular complexity index is 1910. The van der Waals surface area contributed by atoms with Crippen LogP contribution in [-0.2, 0) is 24.3 Å². The summed E-state index contributed by atoms with van der Waals surface area (Å²) >= 11 is 0. The zero-order chi connectivity index (χ0) is 30.1. The van der Waals surface area contributed by atoms with Gasteiger partial charge in [0.25, 0.3) is 0 Å². The second-order valence-corrected chi connectivity index (χ2v) is 10.4. The number of ether oxygens (including phenoxy) is 2. The Kier molecular flexibility index (Phi) is 7.57. The summed E-state index contributed by atoms with van der Waals surface area (Å²) in [5, 5.41) is 18.4. The molecule has 0 saturated carbocycles.